The van der Waals surface area contributed by atoms with Gasteiger partial charge in [-0.05, 0) is 12.8 Å². The van der Waals surface area contributed by atoms with Gasteiger partial charge in [-0.3, -0.25) is 0 Å². The Morgan fingerprint density at radius 2 is 1.73 bits per heavy atom. The first kappa shape index (κ1) is 10.4. The zero-order valence-corrected chi connectivity index (χ0v) is 8.31. The van der Waals surface area contributed by atoms with Crippen LogP contribution in [0.5, 0.6) is 0 Å². The molecule has 1 saturated carbocycles. The number of aliphatic carboxylic acids is 2. The fourth-order valence-corrected chi connectivity index (χ4v) is 2.57. The van der Waals surface area contributed by atoms with Crippen molar-refractivity contribution in [1.82, 2.24) is 0 Å². The summed E-state index contributed by atoms with van der Waals surface area (Å²) in [5, 5.41) is 17.9. The number of carboxylic acid groups (broad SMARTS) is 2. The average Bonchev–Trinajstić information content (AvgIpc) is 2.95. The second kappa shape index (κ2) is 3.48. The Labute approximate surface area is 87.0 Å². The summed E-state index contributed by atoms with van der Waals surface area (Å²) in [6, 6.07) is 0. The zero-order chi connectivity index (χ0) is 11.1. The summed E-state index contributed by atoms with van der Waals surface area (Å²) < 4.78 is 4.97. The van der Waals surface area contributed by atoms with E-state index in [-0.39, 0.29) is 5.92 Å². The van der Waals surface area contributed by atoms with Gasteiger partial charge in [-0.1, -0.05) is 19.3 Å². The molecule has 0 aromatic carbocycles. The minimum atomic E-state index is -1.42. The van der Waals surface area contributed by atoms with E-state index in [1.807, 2.05) is 0 Å². The van der Waals surface area contributed by atoms with Gasteiger partial charge in [-0.15, -0.1) is 0 Å². The van der Waals surface area contributed by atoms with Crippen LogP contribution in [0, 0.1) is 5.92 Å². The zero-order valence-electron chi connectivity index (χ0n) is 8.31. The molecule has 2 atom stereocenters. The molecule has 5 nitrogen and oxygen atoms in total. The van der Waals surface area contributed by atoms with Gasteiger partial charge >= 0.3 is 11.9 Å². The van der Waals surface area contributed by atoms with Crippen LogP contribution in [-0.2, 0) is 14.3 Å². The molecule has 84 valence electrons. The highest BCUT2D eigenvalue weighted by Gasteiger charge is 2.70. The van der Waals surface area contributed by atoms with E-state index in [9.17, 15) is 9.59 Å². The van der Waals surface area contributed by atoms with Crippen molar-refractivity contribution >= 4 is 11.9 Å². The first-order valence-corrected chi connectivity index (χ1v) is 5.23. The molecule has 1 saturated heterocycles. The van der Waals surface area contributed by atoms with Gasteiger partial charge in [-0.2, -0.15) is 0 Å². The average molecular weight is 214 g/mol. The van der Waals surface area contributed by atoms with Crippen LogP contribution in [0.15, 0.2) is 0 Å². The molecule has 0 aromatic heterocycles. The Balaban J connectivity index is 2.14. The predicted octanol–water partition coefficient (Wildman–Crippen LogP) is 0.873. The van der Waals surface area contributed by atoms with Crippen LogP contribution in [0.3, 0.4) is 0 Å². The summed E-state index contributed by atoms with van der Waals surface area (Å²) in [5.41, 5.74) is -1.42. The Morgan fingerprint density at radius 3 is 2.13 bits per heavy atom. The standard InChI is InChI=1S/C10H14O5/c11-8(12)7-10(15-7,9(13)14)6-4-2-1-3-5-6/h6-7H,1-5H2,(H,11,12)(H,13,14)/t7-,10+/m1/s1. The maximum atomic E-state index is 11.1. The van der Waals surface area contributed by atoms with Crippen LogP contribution in [0.4, 0.5) is 0 Å². The molecule has 1 aliphatic heterocycles. The van der Waals surface area contributed by atoms with Crippen LogP contribution in [0.1, 0.15) is 32.1 Å². The van der Waals surface area contributed by atoms with Crippen LogP contribution in [0.2, 0.25) is 0 Å². The number of carboxylic acids is 2. The normalized spacial score (nSPS) is 36.1. The Kier molecular flexibility index (Phi) is 2.42. The van der Waals surface area contributed by atoms with E-state index in [0.717, 1.165) is 32.1 Å². The van der Waals surface area contributed by atoms with E-state index >= 15 is 0 Å². The molecular formula is C10H14O5. The molecule has 15 heavy (non-hydrogen) atoms. The van der Waals surface area contributed by atoms with Gasteiger partial charge in [0.1, 0.15) is 0 Å². The summed E-state index contributed by atoms with van der Waals surface area (Å²) in [6.45, 7) is 0. The minimum Gasteiger partial charge on any atom is -0.479 e. The highest BCUT2D eigenvalue weighted by molar-refractivity contribution is 5.92. The van der Waals surface area contributed by atoms with Crippen molar-refractivity contribution < 1.29 is 24.5 Å². The third-order valence-electron chi connectivity index (χ3n) is 3.42. The topological polar surface area (TPSA) is 87.1 Å². The van der Waals surface area contributed by atoms with E-state index < -0.39 is 23.6 Å². The van der Waals surface area contributed by atoms with E-state index in [2.05, 4.69) is 0 Å². The SMILES string of the molecule is O=C(O)[C@H]1O[C@@]1(C(=O)O)C1CCCCC1. The number of ether oxygens (including phenoxy) is 1. The van der Waals surface area contributed by atoms with Crippen molar-refractivity contribution in [3.8, 4) is 0 Å². The highest BCUT2D eigenvalue weighted by atomic mass is 16.7. The quantitative estimate of drug-likeness (QED) is 0.681. The van der Waals surface area contributed by atoms with Gasteiger partial charge in [0.15, 0.2) is 6.10 Å². The van der Waals surface area contributed by atoms with Crippen molar-refractivity contribution in [1.29, 1.82) is 0 Å². The van der Waals surface area contributed by atoms with E-state index in [4.69, 9.17) is 14.9 Å². The maximum Gasteiger partial charge on any atom is 0.339 e. The Morgan fingerprint density at radius 1 is 1.13 bits per heavy atom. The number of hydrogen-bond acceptors (Lipinski definition) is 3. The van der Waals surface area contributed by atoms with E-state index in [1.165, 1.54) is 0 Å². The molecule has 0 radical (unpaired) electrons. The van der Waals surface area contributed by atoms with Crippen molar-refractivity contribution in [2.75, 3.05) is 0 Å². The molecule has 1 heterocycles. The Bertz CT molecular complexity index is 294. The van der Waals surface area contributed by atoms with Gasteiger partial charge in [-0.25, -0.2) is 9.59 Å². The summed E-state index contributed by atoms with van der Waals surface area (Å²) in [5.74, 6) is -2.42. The summed E-state index contributed by atoms with van der Waals surface area (Å²) >= 11 is 0. The third-order valence-corrected chi connectivity index (χ3v) is 3.42. The molecular weight excluding hydrogens is 200 g/mol. The molecule has 2 N–H and O–H groups in total. The van der Waals surface area contributed by atoms with Crippen molar-refractivity contribution in [2.45, 2.75) is 43.8 Å². The van der Waals surface area contributed by atoms with Gasteiger partial charge in [0.2, 0.25) is 5.60 Å². The molecule has 2 aliphatic rings. The number of hydrogen-bond donors (Lipinski definition) is 2. The number of carbonyl (C=O) groups is 2. The van der Waals surface area contributed by atoms with Crippen molar-refractivity contribution in [3.63, 3.8) is 0 Å². The monoisotopic (exact) mass is 214 g/mol. The molecule has 0 amide bonds. The minimum absolute atomic E-state index is 0.134. The largest absolute Gasteiger partial charge is 0.479 e. The number of rotatable bonds is 3. The molecule has 0 spiro atoms. The van der Waals surface area contributed by atoms with Crippen LogP contribution in [0.25, 0.3) is 0 Å². The van der Waals surface area contributed by atoms with Gasteiger partial charge in [0, 0.05) is 5.92 Å². The van der Waals surface area contributed by atoms with E-state index in [1.54, 1.807) is 0 Å². The molecule has 1 aliphatic carbocycles. The van der Waals surface area contributed by atoms with Gasteiger partial charge < -0.3 is 14.9 Å². The highest BCUT2D eigenvalue weighted by Crippen LogP contribution is 2.49. The lowest BCUT2D eigenvalue weighted by Gasteiger charge is -2.24. The summed E-state index contributed by atoms with van der Waals surface area (Å²) in [6.07, 6.45) is 3.42. The molecule has 2 fully saturated rings. The smallest absolute Gasteiger partial charge is 0.339 e. The first-order chi connectivity index (χ1) is 7.09. The molecule has 0 bridgehead atoms. The third kappa shape index (κ3) is 1.51. The maximum absolute atomic E-state index is 11.1. The lowest BCUT2D eigenvalue weighted by Crippen LogP contribution is -2.39. The second-order valence-corrected chi connectivity index (χ2v) is 4.27. The fourth-order valence-electron chi connectivity index (χ4n) is 2.57. The first-order valence-electron chi connectivity index (χ1n) is 5.23. The van der Waals surface area contributed by atoms with Crippen LogP contribution in [-0.4, -0.2) is 33.9 Å². The fraction of sp³-hybridized carbons (Fsp3) is 0.800. The van der Waals surface area contributed by atoms with Gasteiger partial charge in [0.25, 0.3) is 0 Å². The summed E-state index contributed by atoms with van der Waals surface area (Å²) in [4.78, 5) is 21.8. The lowest BCUT2D eigenvalue weighted by atomic mass is 9.78. The van der Waals surface area contributed by atoms with E-state index in [0.29, 0.717) is 0 Å². The lowest BCUT2D eigenvalue weighted by molar-refractivity contribution is -0.147. The number of epoxide rings is 1. The second-order valence-electron chi connectivity index (χ2n) is 4.27. The van der Waals surface area contributed by atoms with Gasteiger partial charge in [0.05, 0.1) is 0 Å². The molecule has 5 heteroatoms. The van der Waals surface area contributed by atoms with Crippen molar-refractivity contribution in [3.05, 3.63) is 0 Å². The van der Waals surface area contributed by atoms with Crippen molar-refractivity contribution in [2.24, 2.45) is 5.92 Å². The molecule has 2 rings (SSSR count). The summed E-state index contributed by atoms with van der Waals surface area (Å²) in [7, 11) is 0. The molecule has 0 aromatic rings. The molecule has 0 unspecified atom stereocenters. The predicted molar refractivity (Wildman–Crippen MR) is 49.5 cm³/mol. The van der Waals surface area contributed by atoms with Crippen LogP contribution >= 0.6 is 0 Å². The van der Waals surface area contributed by atoms with Crippen LogP contribution < -0.4 is 0 Å². The Hall–Kier alpha value is -1.10.